The van der Waals surface area contributed by atoms with Crippen molar-refractivity contribution in [2.24, 2.45) is 0 Å². The van der Waals surface area contributed by atoms with Crippen molar-refractivity contribution >= 4 is 28.2 Å². The maximum Gasteiger partial charge on any atom is 0.271 e. The Balaban J connectivity index is 2.05. The quantitative estimate of drug-likeness (QED) is 0.570. The van der Waals surface area contributed by atoms with Crippen LogP contribution < -0.4 is 5.32 Å². The highest BCUT2D eigenvalue weighted by atomic mass is 16.6. The van der Waals surface area contributed by atoms with Crippen LogP contribution in [0.15, 0.2) is 42.5 Å². The van der Waals surface area contributed by atoms with Gasteiger partial charge in [0.1, 0.15) is 0 Å². The lowest BCUT2D eigenvalue weighted by atomic mass is 10.0. The van der Waals surface area contributed by atoms with Crippen molar-refractivity contribution in [2.75, 3.05) is 5.32 Å². The topological polar surface area (TPSA) is 85.1 Å². The lowest BCUT2D eigenvalue weighted by Crippen LogP contribution is -2.14. The normalized spacial score (nSPS) is 10.7. The molecule has 0 saturated heterocycles. The Labute approximate surface area is 144 Å². The monoisotopic (exact) mass is 335 g/mol. The molecule has 0 aliphatic rings. The second kappa shape index (κ2) is 6.32. The number of aryl methyl sites for hydroxylation is 3. The summed E-state index contributed by atoms with van der Waals surface area (Å²) < 4.78 is 0. The van der Waals surface area contributed by atoms with Crippen molar-refractivity contribution in [2.45, 2.75) is 20.8 Å². The second-order valence-electron chi connectivity index (χ2n) is 6.04. The fourth-order valence-corrected chi connectivity index (χ4v) is 2.71. The van der Waals surface area contributed by atoms with Gasteiger partial charge >= 0.3 is 0 Å². The number of fused-ring (bicyclic) bond motifs is 1. The molecule has 1 heterocycles. The van der Waals surface area contributed by atoms with E-state index < -0.39 is 4.92 Å². The van der Waals surface area contributed by atoms with E-state index in [4.69, 9.17) is 0 Å². The molecule has 0 spiro atoms. The van der Waals surface area contributed by atoms with Crippen LogP contribution in [0.3, 0.4) is 0 Å². The summed E-state index contributed by atoms with van der Waals surface area (Å²) >= 11 is 0. The first kappa shape index (κ1) is 16.6. The van der Waals surface area contributed by atoms with Crippen molar-refractivity contribution in [3.05, 3.63) is 75.0 Å². The zero-order valence-corrected chi connectivity index (χ0v) is 14.2. The first-order chi connectivity index (χ1) is 11.8. The average Bonchev–Trinajstić information content (AvgIpc) is 2.56. The number of amides is 1. The van der Waals surface area contributed by atoms with Crippen molar-refractivity contribution in [1.82, 2.24) is 4.98 Å². The van der Waals surface area contributed by atoms with Gasteiger partial charge in [-0.15, -0.1) is 0 Å². The fourth-order valence-electron chi connectivity index (χ4n) is 2.71. The lowest BCUT2D eigenvalue weighted by molar-refractivity contribution is -0.384. The molecule has 0 unspecified atom stereocenters. The Morgan fingerprint density at radius 1 is 1.08 bits per heavy atom. The van der Waals surface area contributed by atoms with Crippen molar-refractivity contribution in [3.63, 3.8) is 0 Å². The van der Waals surface area contributed by atoms with Gasteiger partial charge in [0.25, 0.3) is 11.6 Å². The Morgan fingerprint density at radius 3 is 2.56 bits per heavy atom. The lowest BCUT2D eigenvalue weighted by Gasteiger charge is -2.11. The molecule has 6 nitrogen and oxygen atoms in total. The van der Waals surface area contributed by atoms with Gasteiger partial charge in [-0.05, 0) is 44.5 Å². The van der Waals surface area contributed by atoms with Gasteiger partial charge < -0.3 is 5.32 Å². The summed E-state index contributed by atoms with van der Waals surface area (Å²) in [4.78, 5) is 27.7. The van der Waals surface area contributed by atoms with Gasteiger partial charge in [-0.25, -0.2) is 0 Å². The Morgan fingerprint density at radius 2 is 1.84 bits per heavy atom. The number of anilines is 1. The molecule has 0 fully saturated rings. The minimum Gasteiger partial charge on any atom is -0.321 e. The standard InChI is InChI=1S/C19H17N3O3/c1-11-4-7-17-15(8-11)16(9-13(3)20-17)19(23)21-18-10-14(22(24)25)6-5-12(18)2/h4-10H,1-3H3,(H,21,23). The van der Waals surface area contributed by atoms with Gasteiger partial charge in [0.05, 0.1) is 21.7 Å². The maximum atomic E-state index is 12.8. The van der Waals surface area contributed by atoms with Crippen LogP contribution in [-0.2, 0) is 0 Å². The van der Waals surface area contributed by atoms with E-state index in [1.807, 2.05) is 32.0 Å². The van der Waals surface area contributed by atoms with Gasteiger partial charge in [0, 0.05) is 23.2 Å². The number of rotatable bonds is 3. The molecule has 0 atom stereocenters. The van der Waals surface area contributed by atoms with Crippen LogP contribution in [0.1, 0.15) is 27.2 Å². The van der Waals surface area contributed by atoms with Crippen LogP contribution >= 0.6 is 0 Å². The zero-order chi connectivity index (χ0) is 18.1. The van der Waals surface area contributed by atoms with Crippen LogP contribution in [0.4, 0.5) is 11.4 Å². The zero-order valence-electron chi connectivity index (χ0n) is 14.2. The number of carbonyl (C=O) groups excluding carboxylic acids is 1. The highest BCUT2D eigenvalue weighted by molar-refractivity contribution is 6.12. The van der Waals surface area contributed by atoms with E-state index in [9.17, 15) is 14.9 Å². The highest BCUT2D eigenvalue weighted by Gasteiger charge is 2.15. The molecule has 2 aromatic carbocycles. The summed E-state index contributed by atoms with van der Waals surface area (Å²) in [6.07, 6.45) is 0. The fraction of sp³-hybridized carbons (Fsp3) is 0.158. The molecule has 0 radical (unpaired) electrons. The van der Waals surface area contributed by atoms with E-state index in [1.165, 1.54) is 12.1 Å². The molecule has 3 rings (SSSR count). The van der Waals surface area contributed by atoms with E-state index >= 15 is 0 Å². The number of aromatic nitrogens is 1. The van der Waals surface area contributed by atoms with Crippen LogP contribution in [-0.4, -0.2) is 15.8 Å². The molecule has 6 heteroatoms. The molecule has 3 aromatic rings. The summed E-state index contributed by atoms with van der Waals surface area (Å²) in [5.41, 5.74) is 4.12. The van der Waals surface area contributed by atoms with Gasteiger partial charge in [0.2, 0.25) is 0 Å². The Hall–Kier alpha value is -3.28. The van der Waals surface area contributed by atoms with E-state index in [-0.39, 0.29) is 11.6 Å². The van der Waals surface area contributed by atoms with E-state index in [2.05, 4.69) is 10.3 Å². The van der Waals surface area contributed by atoms with Gasteiger partial charge in [-0.3, -0.25) is 19.9 Å². The first-order valence-electron chi connectivity index (χ1n) is 7.79. The molecule has 0 aliphatic heterocycles. The summed E-state index contributed by atoms with van der Waals surface area (Å²) in [6.45, 7) is 5.57. The first-order valence-corrected chi connectivity index (χ1v) is 7.79. The van der Waals surface area contributed by atoms with Crippen LogP contribution in [0.2, 0.25) is 0 Å². The van der Waals surface area contributed by atoms with E-state index in [1.54, 1.807) is 19.1 Å². The number of carbonyl (C=O) groups is 1. The molecule has 25 heavy (non-hydrogen) atoms. The van der Waals surface area contributed by atoms with Gasteiger partial charge in [-0.1, -0.05) is 17.7 Å². The van der Waals surface area contributed by atoms with Crippen LogP contribution in [0.5, 0.6) is 0 Å². The number of hydrogen-bond donors (Lipinski definition) is 1. The number of nitrogens with one attached hydrogen (secondary N) is 1. The number of nitro groups is 1. The molecule has 1 N–H and O–H groups in total. The molecule has 0 saturated carbocycles. The number of hydrogen-bond acceptors (Lipinski definition) is 4. The summed E-state index contributed by atoms with van der Waals surface area (Å²) in [7, 11) is 0. The molecule has 0 bridgehead atoms. The Bertz CT molecular complexity index is 1010. The third-order valence-electron chi connectivity index (χ3n) is 4.02. The third-order valence-corrected chi connectivity index (χ3v) is 4.02. The van der Waals surface area contributed by atoms with Crippen LogP contribution in [0.25, 0.3) is 10.9 Å². The minimum atomic E-state index is -0.482. The second-order valence-corrected chi connectivity index (χ2v) is 6.04. The minimum absolute atomic E-state index is 0.0625. The van der Waals surface area contributed by atoms with E-state index in [0.717, 1.165) is 27.7 Å². The maximum absolute atomic E-state index is 12.8. The molecular formula is C19H17N3O3. The largest absolute Gasteiger partial charge is 0.321 e. The molecule has 126 valence electrons. The van der Waals surface area contributed by atoms with Gasteiger partial charge in [0.15, 0.2) is 0 Å². The van der Waals surface area contributed by atoms with Crippen molar-refractivity contribution < 1.29 is 9.72 Å². The predicted molar refractivity (Wildman–Crippen MR) is 97.0 cm³/mol. The molecule has 1 aromatic heterocycles. The summed E-state index contributed by atoms with van der Waals surface area (Å²) in [6, 6.07) is 11.9. The van der Waals surface area contributed by atoms with Crippen LogP contribution in [0, 0.1) is 30.9 Å². The summed E-state index contributed by atoms with van der Waals surface area (Å²) in [5.74, 6) is -0.315. The summed E-state index contributed by atoms with van der Waals surface area (Å²) in [5, 5.41) is 14.5. The highest BCUT2D eigenvalue weighted by Crippen LogP contribution is 2.25. The molecule has 0 aliphatic carbocycles. The number of nitrogens with zero attached hydrogens (tertiary/aromatic N) is 2. The number of nitro benzene ring substituents is 1. The smallest absolute Gasteiger partial charge is 0.271 e. The SMILES string of the molecule is Cc1ccc2nc(C)cc(C(=O)Nc3cc([N+](=O)[O-])ccc3C)c2c1. The van der Waals surface area contributed by atoms with E-state index in [0.29, 0.717) is 11.3 Å². The van der Waals surface area contributed by atoms with Crippen molar-refractivity contribution in [1.29, 1.82) is 0 Å². The predicted octanol–water partition coefficient (Wildman–Crippen LogP) is 4.32. The van der Waals surface area contributed by atoms with Crippen molar-refractivity contribution in [3.8, 4) is 0 Å². The van der Waals surface area contributed by atoms with Gasteiger partial charge in [-0.2, -0.15) is 0 Å². The number of non-ortho nitro benzene ring substituents is 1. The molecular weight excluding hydrogens is 318 g/mol. The third kappa shape index (κ3) is 3.33. The number of pyridine rings is 1. The molecule has 1 amide bonds. The number of benzene rings is 2. The Kier molecular flexibility index (Phi) is 4.19. The average molecular weight is 335 g/mol.